The lowest BCUT2D eigenvalue weighted by molar-refractivity contribution is 0.0943. The first-order valence-corrected chi connectivity index (χ1v) is 3.91. The van der Waals surface area contributed by atoms with Crippen molar-refractivity contribution in [2.75, 3.05) is 0 Å². The lowest BCUT2D eigenvalue weighted by atomic mass is 10.3. The van der Waals surface area contributed by atoms with Crippen LogP contribution in [0.15, 0.2) is 6.07 Å². The smallest absolute Gasteiger partial charge is 0.283 e. The van der Waals surface area contributed by atoms with Gasteiger partial charge in [0.15, 0.2) is 0 Å². The molecule has 6 heteroatoms. The van der Waals surface area contributed by atoms with Gasteiger partial charge < -0.3 is 5.11 Å². The first-order chi connectivity index (χ1) is 6.22. The van der Waals surface area contributed by atoms with Gasteiger partial charge in [0.1, 0.15) is 5.69 Å². The topological polar surface area (TPSA) is 93.2 Å². The number of hydrogen-bond donors (Lipinski definition) is 3. The van der Waals surface area contributed by atoms with Gasteiger partial charge in [-0.05, 0) is 13.0 Å². The summed E-state index contributed by atoms with van der Waals surface area (Å²) in [7, 11) is 0. The second kappa shape index (κ2) is 4.01. The minimum Gasteiger partial charge on any atom is -0.390 e. The van der Waals surface area contributed by atoms with E-state index in [1.807, 2.05) is 12.3 Å². The maximum Gasteiger partial charge on any atom is 0.283 e. The predicted octanol–water partition coefficient (Wildman–Crippen LogP) is -1.00. The van der Waals surface area contributed by atoms with Crippen molar-refractivity contribution < 1.29 is 9.90 Å². The van der Waals surface area contributed by atoms with Gasteiger partial charge in [-0.3, -0.25) is 14.9 Å². The molecular weight excluding hydrogens is 172 g/mol. The number of nitrogens with zero attached hydrogens (tertiary/aromatic N) is 2. The van der Waals surface area contributed by atoms with Gasteiger partial charge in [-0.25, -0.2) is 5.84 Å². The Balaban J connectivity index is 3.03. The molecule has 0 aliphatic rings. The van der Waals surface area contributed by atoms with Crippen LogP contribution in [-0.2, 0) is 13.2 Å². The number of nitrogen functional groups attached to an aromatic ring is 1. The number of hydrazine groups is 1. The number of aliphatic hydroxyl groups is 1. The Kier molecular flexibility index (Phi) is 2.99. The van der Waals surface area contributed by atoms with Crippen LogP contribution >= 0.6 is 0 Å². The van der Waals surface area contributed by atoms with Crippen LogP contribution in [0.3, 0.4) is 0 Å². The first-order valence-electron chi connectivity index (χ1n) is 3.91. The number of aromatic nitrogens is 2. The molecule has 1 aromatic heterocycles. The van der Waals surface area contributed by atoms with Gasteiger partial charge in [0.05, 0.1) is 12.3 Å². The summed E-state index contributed by atoms with van der Waals surface area (Å²) >= 11 is 0. The summed E-state index contributed by atoms with van der Waals surface area (Å²) in [4.78, 5) is 11.1. The molecule has 0 saturated carbocycles. The van der Waals surface area contributed by atoms with Gasteiger partial charge in [-0.1, -0.05) is 0 Å². The monoisotopic (exact) mass is 184 g/mol. The van der Waals surface area contributed by atoms with Crippen LogP contribution in [0.4, 0.5) is 0 Å². The van der Waals surface area contributed by atoms with E-state index in [0.29, 0.717) is 17.9 Å². The maximum atomic E-state index is 11.1. The second-order valence-electron chi connectivity index (χ2n) is 2.47. The zero-order valence-electron chi connectivity index (χ0n) is 7.32. The van der Waals surface area contributed by atoms with Gasteiger partial charge in [-0.15, -0.1) is 0 Å². The van der Waals surface area contributed by atoms with Gasteiger partial charge in [0.2, 0.25) is 0 Å². The molecule has 0 atom stereocenters. The zero-order valence-corrected chi connectivity index (χ0v) is 7.32. The average molecular weight is 184 g/mol. The van der Waals surface area contributed by atoms with Crippen molar-refractivity contribution in [3.8, 4) is 0 Å². The molecule has 1 heterocycles. The Morgan fingerprint density at radius 2 is 2.54 bits per heavy atom. The van der Waals surface area contributed by atoms with Crippen molar-refractivity contribution in [3.63, 3.8) is 0 Å². The summed E-state index contributed by atoms with van der Waals surface area (Å²) in [6.07, 6.45) is 0. The van der Waals surface area contributed by atoms with Crippen molar-refractivity contribution in [2.24, 2.45) is 5.84 Å². The summed E-state index contributed by atoms with van der Waals surface area (Å²) in [5.74, 6) is 4.57. The molecule has 0 unspecified atom stereocenters. The molecule has 13 heavy (non-hydrogen) atoms. The minimum atomic E-state index is -0.408. The molecule has 0 aromatic carbocycles. The highest BCUT2D eigenvalue weighted by molar-refractivity contribution is 5.92. The van der Waals surface area contributed by atoms with E-state index in [4.69, 9.17) is 10.9 Å². The fourth-order valence-electron chi connectivity index (χ4n) is 1.05. The molecule has 0 aliphatic carbocycles. The molecule has 0 bridgehead atoms. The molecule has 0 aliphatic heterocycles. The van der Waals surface area contributed by atoms with Crippen LogP contribution in [-0.4, -0.2) is 20.8 Å². The van der Waals surface area contributed by atoms with E-state index >= 15 is 0 Å². The van der Waals surface area contributed by atoms with Gasteiger partial charge in [-0.2, -0.15) is 5.10 Å². The number of rotatable bonds is 3. The number of aryl methyl sites for hydroxylation is 1. The number of amides is 1. The van der Waals surface area contributed by atoms with Gasteiger partial charge in [0.25, 0.3) is 5.91 Å². The first kappa shape index (κ1) is 9.69. The summed E-state index contributed by atoms with van der Waals surface area (Å²) in [5.41, 5.74) is 2.83. The summed E-state index contributed by atoms with van der Waals surface area (Å²) in [6, 6.07) is 1.51. The van der Waals surface area contributed by atoms with Crippen molar-refractivity contribution in [1.82, 2.24) is 15.2 Å². The number of nitrogens with one attached hydrogen (secondary N) is 1. The molecule has 72 valence electrons. The second-order valence-corrected chi connectivity index (χ2v) is 2.47. The number of carbonyl (C=O) groups excluding carboxylic acids is 1. The number of hydrogen-bond acceptors (Lipinski definition) is 4. The van der Waals surface area contributed by atoms with Crippen LogP contribution in [0.1, 0.15) is 23.1 Å². The molecule has 0 spiro atoms. The van der Waals surface area contributed by atoms with E-state index in [0.717, 1.165) is 0 Å². The molecule has 0 radical (unpaired) electrons. The third kappa shape index (κ3) is 1.85. The molecule has 0 fully saturated rings. The summed E-state index contributed by atoms with van der Waals surface area (Å²) in [5, 5.41) is 12.8. The number of nitrogens with two attached hydrogens (primary N) is 1. The predicted molar refractivity (Wildman–Crippen MR) is 45.5 cm³/mol. The van der Waals surface area contributed by atoms with Crippen LogP contribution in [0.2, 0.25) is 0 Å². The van der Waals surface area contributed by atoms with E-state index in [1.54, 1.807) is 0 Å². The van der Waals surface area contributed by atoms with Crippen LogP contribution in [0, 0.1) is 0 Å². The lowest BCUT2D eigenvalue weighted by Crippen LogP contribution is -2.31. The van der Waals surface area contributed by atoms with Crippen LogP contribution < -0.4 is 11.3 Å². The third-order valence-corrected chi connectivity index (χ3v) is 1.66. The van der Waals surface area contributed by atoms with E-state index in [9.17, 15) is 4.79 Å². The number of aliphatic hydroxyl groups excluding tert-OH is 1. The van der Waals surface area contributed by atoms with Gasteiger partial charge in [0, 0.05) is 6.54 Å². The normalized spacial score (nSPS) is 10.1. The molecule has 6 nitrogen and oxygen atoms in total. The quantitative estimate of drug-likeness (QED) is 0.319. The van der Waals surface area contributed by atoms with E-state index in [2.05, 4.69) is 5.10 Å². The van der Waals surface area contributed by atoms with Gasteiger partial charge >= 0.3 is 0 Å². The van der Waals surface area contributed by atoms with Crippen LogP contribution in [0.5, 0.6) is 0 Å². The van der Waals surface area contributed by atoms with E-state index in [-0.39, 0.29) is 6.61 Å². The summed E-state index contributed by atoms with van der Waals surface area (Å²) < 4.78 is 1.48. The van der Waals surface area contributed by atoms with E-state index < -0.39 is 5.91 Å². The largest absolute Gasteiger partial charge is 0.390 e. The number of carbonyl (C=O) groups is 1. The van der Waals surface area contributed by atoms with Crippen molar-refractivity contribution >= 4 is 5.91 Å². The molecule has 1 aromatic rings. The fraction of sp³-hybridized carbons (Fsp3) is 0.429. The zero-order chi connectivity index (χ0) is 9.84. The van der Waals surface area contributed by atoms with E-state index in [1.165, 1.54) is 10.7 Å². The maximum absolute atomic E-state index is 11.1. The SMILES string of the molecule is CCn1nc(CO)cc1C(=O)NN. The Labute approximate surface area is 75.3 Å². The van der Waals surface area contributed by atoms with Crippen LogP contribution in [0.25, 0.3) is 0 Å². The Hall–Kier alpha value is -1.40. The lowest BCUT2D eigenvalue weighted by Gasteiger charge is -2.01. The van der Waals surface area contributed by atoms with Crippen molar-refractivity contribution in [3.05, 3.63) is 17.5 Å². The summed E-state index contributed by atoms with van der Waals surface area (Å²) in [6.45, 7) is 2.22. The Morgan fingerprint density at radius 1 is 1.85 bits per heavy atom. The van der Waals surface area contributed by atoms with Crippen molar-refractivity contribution in [1.29, 1.82) is 0 Å². The molecular formula is C7H12N4O2. The van der Waals surface area contributed by atoms with Crippen molar-refractivity contribution in [2.45, 2.75) is 20.1 Å². The highest BCUT2D eigenvalue weighted by Gasteiger charge is 2.12. The molecule has 1 rings (SSSR count). The fourth-order valence-corrected chi connectivity index (χ4v) is 1.05. The highest BCUT2D eigenvalue weighted by Crippen LogP contribution is 2.04. The average Bonchev–Trinajstić information content (AvgIpc) is 2.59. The molecule has 4 N–H and O–H groups in total. The highest BCUT2D eigenvalue weighted by atomic mass is 16.3. The Morgan fingerprint density at radius 3 is 3.00 bits per heavy atom. The third-order valence-electron chi connectivity index (χ3n) is 1.66. The molecule has 1 amide bonds. The standard InChI is InChI=1S/C7H12N4O2/c1-2-11-6(7(13)9-8)3-5(4-12)10-11/h3,12H,2,4,8H2,1H3,(H,9,13). The Bertz CT molecular complexity index is 307. The minimum absolute atomic E-state index is 0.183. The molecule has 0 saturated heterocycles.